The van der Waals surface area contributed by atoms with E-state index in [1.807, 2.05) is 54.6 Å². The molecule has 136 valence electrons. The third-order valence-electron chi connectivity index (χ3n) is 4.99. The smallest absolute Gasteiger partial charge is 0.269 e. The number of non-ortho nitro benzene ring substituents is 1. The third-order valence-corrected chi connectivity index (χ3v) is 6.35. The molecular formula is C22H14N2O3S. The average Bonchev–Trinajstić information content (AvgIpc) is 2.88. The minimum absolute atomic E-state index is 0.0219. The number of thioether (sulfide) groups is 1. The van der Waals surface area contributed by atoms with Crippen molar-refractivity contribution in [2.75, 3.05) is 5.32 Å². The maximum absolute atomic E-state index is 13.3. The summed E-state index contributed by atoms with van der Waals surface area (Å²) in [6, 6.07) is 22.0. The second-order valence-corrected chi connectivity index (χ2v) is 7.78. The number of nitrogens with one attached hydrogen (secondary N) is 1. The molecule has 0 bridgehead atoms. The number of nitro groups is 1. The van der Waals surface area contributed by atoms with E-state index in [1.165, 1.54) is 17.8 Å². The van der Waals surface area contributed by atoms with Crippen molar-refractivity contribution in [3.05, 3.63) is 105 Å². The van der Waals surface area contributed by atoms with E-state index in [0.717, 1.165) is 27.4 Å². The fraction of sp³-hybridized carbons (Fsp3) is 0.0455. The van der Waals surface area contributed by atoms with Gasteiger partial charge < -0.3 is 5.32 Å². The Kier molecular flexibility index (Phi) is 3.80. The standard InChI is InChI=1S/C22H14N2O3S/c25-21-16-9-2-1-8-15(16)20-19(21)22(13-6-5-7-14(12-13)24(26)27)28-18-11-4-3-10-17(18)23-20/h1-12,22-23H. The lowest BCUT2D eigenvalue weighted by Gasteiger charge is -2.17. The summed E-state index contributed by atoms with van der Waals surface area (Å²) < 4.78 is 0. The molecule has 3 aromatic carbocycles. The van der Waals surface area contributed by atoms with Crippen molar-refractivity contribution >= 4 is 34.6 Å². The van der Waals surface area contributed by atoms with Gasteiger partial charge in [-0.2, -0.15) is 0 Å². The van der Waals surface area contributed by atoms with Crippen LogP contribution in [0.25, 0.3) is 5.70 Å². The molecule has 2 aliphatic rings. The predicted octanol–water partition coefficient (Wildman–Crippen LogP) is 5.46. The van der Waals surface area contributed by atoms with Crippen molar-refractivity contribution in [2.24, 2.45) is 0 Å². The molecule has 1 aliphatic carbocycles. The Labute approximate surface area is 165 Å². The van der Waals surface area contributed by atoms with E-state index in [0.29, 0.717) is 11.1 Å². The Bertz CT molecular complexity index is 1190. The van der Waals surface area contributed by atoms with Crippen LogP contribution in [-0.4, -0.2) is 10.7 Å². The van der Waals surface area contributed by atoms with Gasteiger partial charge in [-0.25, -0.2) is 0 Å². The van der Waals surface area contributed by atoms with Crippen molar-refractivity contribution < 1.29 is 9.72 Å². The second-order valence-electron chi connectivity index (χ2n) is 6.63. The predicted molar refractivity (Wildman–Crippen MR) is 109 cm³/mol. The van der Waals surface area contributed by atoms with Gasteiger partial charge in [0.05, 0.1) is 21.6 Å². The summed E-state index contributed by atoms with van der Waals surface area (Å²) in [6.45, 7) is 0. The topological polar surface area (TPSA) is 72.2 Å². The molecule has 0 saturated carbocycles. The number of anilines is 1. The number of hydrogen-bond acceptors (Lipinski definition) is 5. The molecule has 28 heavy (non-hydrogen) atoms. The zero-order valence-electron chi connectivity index (χ0n) is 14.6. The molecule has 0 fully saturated rings. The lowest BCUT2D eigenvalue weighted by molar-refractivity contribution is -0.384. The molecule has 1 unspecified atom stereocenters. The van der Waals surface area contributed by atoms with Gasteiger partial charge in [0.1, 0.15) is 0 Å². The van der Waals surface area contributed by atoms with Gasteiger partial charge in [0.15, 0.2) is 5.78 Å². The molecule has 0 saturated heterocycles. The van der Waals surface area contributed by atoms with Crippen molar-refractivity contribution in [2.45, 2.75) is 10.1 Å². The lowest BCUT2D eigenvalue weighted by atomic mass is 10.0. The van der Waals surface area contributed by atoms with Crippen LogP contribution in [0.1, 0.15) is 26.7 Å². The Hall–Kier alpha value is -3.38. The van der Waals surface area contributed by atoms with Gasteiger partial charge in [-0.15, -0.1) is 11.8 Å². The van der Waals surface area contributed by atoms with Crippen LogP contribution in [0.15, 0.2) is 83.3 Å². The molecular weight excluding hydrogens is 372 g/mol. The van der Waals surface area contributed by atoms with Crippen LogP contribution in [0.3, 0.4) is 0 Å². The normalized spacial score (nSPS) is 17.3. The van der Waals surface area contributed by atoms with E-state index in [4.69, 9.17) is 0 Å². The summed E-state index contributed by atoms with van der Waals surface area (Å²) in [5.41, 5.74) is 4.65. The number of carbonyl (C=O) groups is 1. The van der Waals surface area contributed by atoms with Crippen LogP contribution in [0.4, 0.5) is 11.4 Å². The molecule has 0 radical (unpaired) electrons. The number of fused-ring (bicyclic) bond motifs is 3. The SMILES string of the molecule is O=C1C2=C(Nc3ccccc3SC2c2cccc([N+](=O)[O-])c2)c2ccccc21. The summed E-state index contributed by atoms with van der Waals surface area (Å²) in [4.78, 5) is 25.2. The zero-order valence-corrected chi connectivity index (χ0v) is 15.4. The van der Waals surface area contributed by atoms with Crippen molar-refractivity contribution in [1.82, 2.24) is 0 Å². The van der Waals surface area contributed by atoms with Gasteiger partial charge in [0, 0.05) is 33.7 Å². The highest BCUT2D eigenvalue weighted by Gasteiger charge is 2.38. The van der Waals surface area contributed by atoms with Crippen LogP contribution in [0, 0.1) is 10.1 Å². The minimum Gasteiger partial charge on any atom is -0.354 e. The number of para-hydroxylation sites is 1. The summed E-state index contributed by atoms with van der Waals surface area (Å²) >= 11 is 1.54. The zero-order chi connectivity index (χ0) is 19.3. The largest absolute Gasteiger partial charge is 0.354 e. The number of carbonyl (C=O) groups excluding carboxylic acids is 1. The van der Waals surface area contributed by atoms with Gasteiger partial charge in [-0.1, -0.05) is 48.5 Å². The number of benzene rings is 3. The molecule has 5 rings (SSSR count). The van der Waals surface area contributed by atoms with Gasteiger partial charge >= 0.3 is 0 Å². The maximum atomic E-state index is 13.3. The number of nitro benzene ring substituents is 1. The Morgan fingerprint density at radius 3 is 2.50 bits per heavy atom. The van der Waals surface area contributed by atoms with E-state index in [9.17, 15) is 14.9 Å². The number of hydrogen-bond donors (Lipinski definition) is 1. The van der Waals surface area contributed by atoms with Gasteiger partial charge in [0.25, 0.3) is 5.69 Å². The molecule has 0 aromatic heterocycles. The molecule has 1 N–H and O–H groups in total. The molecule has 1 atom stereocenters. The molecule has 0 amide bonds. The maximum Gasteiger partial charge on any atom is 0.269 e. The first-order valence-electron chi connectivity index (χ1n) is 8.79. The van der Waals surface area contributed by atoms with Crippen LogP contribution in [-0.2, 0) is 0 Å². The van der Waals surface area contributed by atoms with E-state index >= 15 is 0 Å². The summed E-state index contributed by atoms with van der Waals surface area (Å²) in [7, 11) is 0. The fourth-order valence-electron chi connectivity index (χ4n) is 3.72. The Morgan fingerprint density at radius 1 is 0.929 bits per heavy atom. The molecule has 1 heterocycles. The van der Waals surface area contributed by atoms with Crippen LogP contribution in [0.5, 0.6) is 0 Å². The highest BCUT2D eigenvalue weighted by Crippen LogP contribution is 2.52. The number of rotatable bonds is 2. The first-order valence-corrected chi connectivity index (χ1v) is 9.67. The highest BCUT2D eigenvalue weighted by atomic mass is 32.2. The third kappa shape index (κ3) is 2.53. The van der Waals surface area contributed by atoms with Crippen molar-refractivity contribution in [1.29, 1.82) is 0 Å². The molecule has 1 aliphatic heterocycles. The fourth-order valence-corrected chi connectivity index (χ4v) is 5.00. The lowest BCUT2D eigenvalue weighted by Crippen LogP contribution is -2.08. The van der Waals surface area contributed by atoms with Crippen molar-refractivity contribution in [3.63, 3.8) is 0 Å². The van der Waals surface area contributed by atoms with Crippen LogP contribution < -0.4 is 5.32 Å². The molecule has 6 heteroatoms. The van der Waals surface area contributed by atoms with Gasteiger partial charge in [-0.05, 0) is 17.7 Å². The van der Waals surface area contributed by atoms with Crippen LogP contribution >= 0.6 is 11.8 Å². The molecule has 0 spiro atoms. The van der Waals surface area contributed by atoms with E-state index in [1.54, 1.807) is 12.1 Å². The van der Waals surface area contributed by atoms with E-state index in [-0.39, 0.29) is 16.7 Å². The van der Waals surface area contributed by atoms with E-state index in [2.05, 4.69) is 5.32 Å². The molecule has 5 nitrogen and oxygen atoms in total. The van der Waals surface area contributed by atoms with E-state index < -0.39 is 4.92 Å². The number of nitrogens with zero attached hydrogens (tertiary/aromatic N) is 1. The summed E-state index contributed by atoms with van der Waals surface area (Å²) in [5.74, 6) is -0.0325. The average molecular weight is 386 g/mol. The summed E-state index contributed by atoms with van der Waals surface area (Å²) in [5, 5.41) is 14.4. The Balaban J connectivity index is 1.74. The molecule has 3 aromatic rings. The summed E-state index contributed by atoms with van der Waals surface area (Å²) in [6.07, 6.45) is 0. The first kappa shape index (κ1) is 16.8. The number of Topliss-reactive ketones (excluding diaryl/α,β-unsaturated/α-hetero) is 1. The number of ketones is 1. The Morgan fingerprint density at radius 2 is 1.68 bits per heavy atom. The minimum atomic E-state index is -0.405. The monoisotopic (exact) mass is 386 g/mol. The van der Waals surface area contributed by atoms with Crippen LogP contribution in [0.2, 0.25) is 0 Å². The second kappa shape index (κ2) is 6.35. The quantitative estimate of drug-likeness (QED) is 0.468. The highest BCUT2D eigenvalue weighted by molar-refractivity contribution is 8.00. The van der Waals surface area contributed by atoms with Gasteiger partial charge in [0.2, 0.25) is 0 Å². The van der Waals surface area contributed by atoms with Gasteiger partial charge in [-0.3, -0.25) is 14.9 Å². The first-order chi connectivity index (χ1) is 13.6. The van der Waals surface area contributed by atoms with Crippen molar-refractivity contribution in [3.8, 4) is 0 Å².